The van der Waals surface area contributed by atoms with E-state index < -0.39 is 11.7 Å². The van der Waals surface area contributed by atoms with Crippen molar-refractivity contribution in [3.05, 3.63) is 33.8 Å². The molecule has 1 N–H and O–H groups in total. The molecule has 4 heteroatoms. The van der Waals surface area contributed by atoms with Gasteiger partial charge in [-0.3, -0.25) is 0 Å². The lowest BCUT2D eigenvalue weighted by Crippen LogP contribution is -2.40. The molecule has 2 nitrogen and oxygen atoms in total. The third-order valence-corrected chi connectivity index (χ3v) is 3.62. The van der Waals surface area contributed by atoms with E-state index in [0.29, 0.717) is 23.1 Å². The maximum absolute atomic E-state index is 10.2. The van der Waals surface area contributed by atoms with Gasteiger partial charge in [0.2, 0.25) is 0 Å². The van der Waals surface area contributed by atoms with Crippen LogP contribution in [0.15, 0.2) is 18.2 Å². The van der Waals surface area contributed by atoms with Crippen LogP contribution >= 0.6 is 23.2 Å². The van der Waals surface area contributed by atoms with Crippen LogP contribution in [0, 0.1) is 0 Å². The Balaban J connectivity index is 2.81. The van der Waals surface area contributed by atoms with E-state index in [2.05, 4.69) is 0 Å². The lowest BCUT2D eigenvalue weighted by atomic mass is 9.95. The summed E-state index contributed by atoms with van der Waals surface area (Å²) in [7, 11) is 0. The molecule has 0 aliphatic rings. The van der Waals surface area contributed by atoms with Crippen molar-refractivity contribution in [2.75, 3.05) is 6.61 Å². The molecular formula is C13H18Cl2O2. The van der Waals surface area contributed by atoms with E-state index >= 15 is 0 Å². The largest absolute Gasteiger partial charge is 0.390 e. The molecule has 1 rings (SSSR count). The van der Waals surface area contributed by atoms with E-state index in [0.717, 1.165) is 5.56 Å². The smallest absolute Gasteiger partial charge is 0.0887 e. The molecule has 0 spiro atoms. The number of aliphatic hydroxyl groups excluding tert-OH is 1. The third kappa shape index (κ3) is 3.85. The van der Waals surface area contributed by atoms with Crippen LogP contribution in [0.5, 0.6) is 0 Å². The van der Waals surface area contributed by atoms with Gasteiger partial charge in [-0.25, -0.2) is 0 Å². The Bertz CT molecular complexity index is 378. The Kier molecular flexibility index (Phi) is 5.26. The van der Waals surface area contributed by atoms with Gasteiger partial charge in [0, 0.05) is 13.0 Å². The minimum Gasteiger partial charge on any atom is -0.390 e. The van der Waals surface area contributed by atoms with Crippen LogP contribution in [0.25, 0.3) is 0 Å². The predicted octanol–water partition coefficient (Wildman–Crippen LogP) is 3.71. The monoisotopic (exact) mass is 276 g/mol. The normalized spacial score (nSPS) is 13.8. The lowest BCUT2D eigenvalue weighted by Gasteiger charge is -2.30. The number of halogens is 2. The van der Waals surface area contributed by atoms with E-state index in [1.807, 2.05) is 32.9 Å². The highest BCUT2D eigenvalue weighted by Gasteiger charge is 2.28. The zero-order valence-corrected chi connectivity index (χ0v) is 11.8. The van der Waals surface area contributed by atoms with Gasteiger partial charge in [-0.2, -0.15) is 0 Å². The second kappa shape index (κ2) is 6.05. The van der Waals surface area contributed by atoms with Gasteiger partial charge in [-0.15, -0.1) is 0 Å². The van der Waals surface area contributed by atoms with E-state index in [1.54, 1.807) is 6.07 Å². The molecule has 1 unspecified atom stereocenters. The Labute approximate surface area is 113 Å². The molecule has 0 aromatic heterocycles. The number of aliphatic hydroxyl groups is 1. The summed E-state index contributed by atoms with van der Waals surface area (Å²) in [4.78, 5) is 0. The van der Waals surface area contributed by atoms with Gasteiger partial charge >= 0.3 is 0 Å². The van der Waals surface area contributed by atoms with Crippen molar-refractivity contribution in [3.8, 4) is 0 Å². The first-order valence-corrected chi connectivity index (χ1v) is 6.39. The van der Waals surface area contributed by atoms with Crippen molar-refractivity contribution in [1.29, 1.82) is 0 Å². The van der Waals surface area contributed by atoms with E-state index in [9.17, 15) is 5.11 Å². The molecule has 0 amide bonds. The molecular weight excluding hydrogens is 259 g/mol. The van der Waals surface area contributed by atoms with E-state index in [1.165, 1.54) is 0 Å². The van der Waals surface area contributed by atoms with Crippen LogP contribution in [0.3, 0.4) is 0 Å². The highest BCUT2D eigenvalue weighted by Crippen LogP contribution is 2.28. The molecule has 0 aliphatic heterocycles. The van der Waals surface area contributed by atoms with Crippen LogP contribution < -0.4 is 0 Å². The summed E-state index contributed by atoms with van der Waals surface area (Å²) in [6.07, 6.45) is -0.203. The summed E-state index contributed by atoms with van der Waals surface area (Å²) in [5.74, 6) is 0. The maximum Gasteiger partial charge on any atom is 0.0887 e. The van der Waals surface area contributed by atoms with Gasteiger partial charge < -0.3 is 9.84 Å². The van der Waals surface area contributed by atoms with Crippen LogP contribution in [0.4, 0.5) is 0 Å². The zero-order chi connectivity index (χ0) is 13.1. The van der Waals surface area contributed by atoms with Crippen molar-refractivity contribution in [1.82, 2.24) is 0 Å². The molecule has 0 radical (unpaired) electrons. The zero-order valence-electron chi connectivity index (χ0n) is 10.3. The number of ether oxygens (including phenoxy) is 1. The molecule has 0 saturated heterocycles. The second-order valence-electron chi connectivity index (χ2n) is 4.47. The molecule has 0 aliphatic carbocycles. The topological polar surface area (TPSA) is 29.5 Å². The summed E-state index contributed by atoms with van der Waals surface area (Å²) in [5, 5.41) is 11.2. The standard InChI is InChI=1S/C13H18Cl2O2/c1-4-17-13(2,3)11(16)8-9-6-5-7-10(14)12(9)15/h5-7,11,16H,4,8H2,1-3H3. The van der Waals surface area contributed by atoms with E-state index in [4.69, 9.17) is 27.9 Å². The summed E-state index contributed by atoms with van der Waals surface area (Å²) in [5.41, 5.74) is 0.236. The first kappa shape index (κ1) is 14.8. The molecule has 17 heavy (non-hydrogen) atoms. The van der Waals surface area contributed by atoms with Crippen molar-refractivity contribution >= 4 is 23.2 Å². The number of rotatable bonds is 5. The predicted molar refractivity (Wildman–Crippen MR) is 71.9 cm³/mol. The number of hydrogen-bond acceptors (Lipinski definition) is 2. The molecule has 1 aromatic rings. The first-order valence-electron chi connectivity index (χ1n) is 5.63. The fraction of sp³-hybridized carbons (Fsp3) is 0.538. The number of benzene rings is 1. The molecule has 0 bridgehead atoms. The molecule has 0 saturated carbocycles. The quantitative estimate of drug-likeness (QED) is 0.889. The molecule has 96 valence electrons. The van der Waals surface area contributed by atoms with Crippen molar-refractivity contribution in [2.24, 2.45) is 0 Å². The Morgan fingerprint density at radius 2 is 2.00 bits per heavy atom. The van der Waals surface area contributed by atoms with Crippen molar-refractivity contribution in [3.63, 3.8) is 0 Å². The SMILES string of the molecule is CCOC(C)(C)C(O)Cc1cccc(Cl)c1Cl. The summed E-state index contributed by atoms with van der Waals surface area (Å²) in [6.45, 7) is 6.19. The Morgan fingerprint density at radius 1 is 1.35 bits per heavy atom. The van der Waals surface area contributed by atoms with Crippen molar-refractivity contribution < 1.29 is 9.84 Å². The van der Waals surface area contributed by atoms with E-state index in [-0.39, 0.29) is 0 Å². The van der Waals surface area contributed by atoms with Crippen LogP contribution in [-0.4, -0.2) is 23.4 Å². The Hall–Kier alpha value is -0.280. The summed E-state index contributed by atoms with van der Waals surface area (Å²) >= 11 is 12.0. The minimum absolute atomic E-state index is 0.423. The van der Waals surface area contributed by atoms with Crippen molar-refractivity contribution in [2.45, 2.75) is 38.9 Å². The van der Waals surface area contributed by atoms with Crippen LogP contribution in [-0.2, 0) is 11.2 Å². The van der Waals surface area contributed by atoms with Gasteiger partial charge in [0.25, 0.3) is 0 Å². The van der Waals surface area contributed by atoms with Gasteiger partial charge in [-0.1, -0.05) is 35.3 Å². The minimum atomic E-state index is -0.626. The number of hydrogen-bond donors (Lipinski definition) is 1. The maximum atomic E-state index is 10.2. The molecule has 1 aromatic carbocycles. The fourth-order valence-corrected chi connectivity index (χ4v) is 2.03. The van der Waals surface area contributed by atoms with Gasteiger partial charge in [0.05, 0.1) is 21.8 Å². The molecule has 1 atom stereocenters. The van der Waals surface area contributed by atoms with Gasteiger partial charge in [0.1, 0.15) is 0 Å². The van der Waals surface area contributed by atoms with Gasteiger partial charge in [-0.05, 0) is 32.4 Å². The molecule has 0 fully saturated rings. The second-order valence-corrected chi connectivity index (χ2v) is 5.25. The average Bonchev–Trinajstić information content (AvgIpc) is 2.24. The van der Waals surface area contributed by atoms with Crippen LogP contribution in [0.2, 0.25) is 10.0 Å². The Morgan fingerprint density at radius 3 is 2.59 bits per heavy atom. The highest BCUT2D eigenvalue weighted by molar-refractivity contribution is 6.42. The van der Waals surface area contributed by atoms with Gasteiger partial charge in [0.15, 0.2) is 0 Å². The molecule has 0 heterocycles. The summed E-state index contributed by atoms with van der Waals surface area (Å²) in [6, 6.07) is 5.41. The third-order valence-electron chi connectivity index (χ3n) is 2.76. The lowest BCUT2D eigenvalue weighted by molar-refractivity contribution is -0.0955. The fourth-order valence-electron chi connectivity index (χ4n) is 1.63. The van der Waals surface area contributed by atoms with Crippen LogP contribution in [0.1, 0.15) is 26.3 Å². The highest BCUT2D eigenvalue weighted by atomic mass is 35.5. The summed E-state index contributed by atoms with van der Waals surface area (Å²) < 4.78 is 5.51. The average molecular weight is 277 g/mol. The first-order chi connectivity index (χ1) is 7.88.